The largest absolute Gasteiger partial charge is 0.493 e. The molecule has 2 aromatic carbocycles. The van der Waals surface area contributed by atoms with Crippen LogP contribution in [0.2, 0.25) is 0 Å². The first kappa shape index (κ1) is 19.3. The molecule has 0 aliphatic rings. The highest BCUT2D eigenvalue weighted by Crippen LogP contribution is 2.32. The molecule has 1 amide bonds. The molecule has 0 saturated heterocycles. The van der Waals surface area contributed by atoms with Crippen molar-refractivity contribution in [1.82, 2.24) is 14.9 Å². The number of carbonyl (C=O) groups is 1. The molecule has 8 heteroatoms. The zero-order valence-electron chi connectivity index (χ0n) is 16.7. The van der Waals surface area contributed by atoms with Crippen LogP contribution in [0, 0.1) is 6.92 Å². The summed E-state index contributed by atoms with van der Waals surface area (Å²) in [6.07, 6.45) is 0. The number of hydrogen-bond donors (Lipinski definition) is 1. The molecule has 8 nitrogen and oxygen atoms in total. The Morgan fingerprint density at radius 2 is 1.77 bits per heavy atom. The Morgan fingerprint density at radius 3 is 2.50 bits per heavy atom. The van der Waals surface area contributed by atoms with E-state index in [1.54, 1.807) is 43.2 Å². The Kier molecular flexibility index (Phi) is 5.21. The van der Waals surface area contributed by atoms with Gasteiger partial charge >= 0.3 is 0 Å². The van der Waals surface area contributed by atoms with E-state index in [0.717, 1.165) is 16.9 Å². The third-order valence-electron chi connectivity index (χ3n) is 4.49. The number of hydrogen-bond acceptors (Lipinski definition) is 6. The van der Waals surface area contributed by atoms with E-state index in [0.29, 0.717) is 23.0 Å². The monoisotopic (exact) mass is 404 g/mol. The van der Waals surface area contributed by atoms with Gasteiger partial charge in [-0.2, -0.15) is 5.10 Å². The summed E-state index contributed by atoms with van der Waals surface area (Å²) in [6.45, 7) is 1.86. The molecule has 0 unspecified atom stereocenters. The second kappa shape index (κ2) is 8.12. The number of amides is 1. The van der Waals surface area contributed by atoms with Gasteiger partial charge in [0, 0.05) is 17.7 Å². The van der Waals surface area contributed by atoms with Crippen molar-refractivity contribution < 1.29 is 18.8 Å². The number of nitrogens with zero attached hydrogens (tertiary/aromatic N) is 3. The van der Waals surface area contributed by atoms with E-state index in [4.69, 9.17) is 14.0 Å². The van der Waals surface area contributed by atoms with Gasteiger partial charge in [0.05, 0.1) is 25.6 Å². The molecule has 0 radical (unpaired) electrons. The fourth-order valence-corrected chi connectivity index (χ4v) is 3.05. The molecular formula is C22H20N4O4. The quantitative estimate of drug-likeness (QED) is 0.520. The summed E-state index contributed by atoms with van der Waals surface area (Å²) in [5.41, 5.74) is 2.86. The smallest absolute Gasteiger partial charge is 0.295 e. The van der Waals surface area contributed by atoms with Crippen molar-refractivity contribution in [3.63, 3.8) is 0 Å². The standard InChI is InChI=1S/C22H20N4O4/c1-14-11-21(26(24-14)16-7-5-4-6-8-16)23-22(27)20-13-17(25-30-20)15-9-10-18(28-2)19(12-15)29-3/h4-13H,1-3H3,(H,23,27). The van der Waals surface area contributed by atoms with Crippen LogP contribution in [-0.2, 0) is 0 Å². The fraction of sp³-hybridized carbons (Fsp3) is 0.136. The third-order valence-corrected chi connectivity index (χ3v) is 4.49. The van der Waals surface area contributed by atoms with Gasteiger partial charge in [0.25, 0.3) is 5.91 Å². The molecule has 4 rings (SSSR count). The molecule has 2 heterocycles. The number of methoxy groups -OCH3 is 2. The Bertz CT molecular complexity index is 1180. The van der Waals surface area contributed by atoms with E-state index in [-0.39, 0.29) is 5.76 Å². The number of anilines is 1. The van der Waals surface area contributed by atoms with Gasteiger partial charge in [-0.3, -0.25) is 4.79 Å². The maximum Gasteiger partial charge on any atom is 0.295 e. The minimum Gasteiger partial charge on any atom is -0.493 e. The van der Waals surface area contributed by atoms with Crippen molar-refractivity contribution in [2.75, 3.05) is 19.5 Å². The third kappa shape index (κ3) is 3.75. The Hall–Kier alpha value is -4.07. The van der Waals surface area contributed by atoms with Crippen molar-refractivity contribution in [2.45, 2.75) is 6.92 Å². The summed E-state index contributed by atoms with van der Waals surface area (Å²) >= 11 is 0. The van der Waals surface area contributed by atoms with E-state index in [1.807, 2.05) is 43.3 Å². The first-order chi connectivity index (χ1) is 14.6. The van der Waals surface area contributed by atoms with Crippen LogP contribution >= 0.6 is 0 Å². The number of carbonyl (C=O) groups excluding carboxylic acids is 1. The highest BCUT2D eigenvalue weighted by Gasteiger charge is 2.18. The number of benzene rings is 2. The van der Waals surface area contributed by atoms with E-state index < -0.39 is 5.91 Å². The Morgan fingerprint density at radius 1 is 1.00 bits per heavy atom. The lowest BCUT2D eigenvalue weighted by molar-refractivity contribution is 0.0987. The van der Waals surface area contributed by atoms with Crippen molar-refractivity contribution in [3.8, 4) is 28.4 Å². The molecular weight excluding hydrogens is 384 g/mol. The van der Waals surface area contributed by atoms with Crippen LogP contribution in [0.3, 0.4) is 0 Å². The van der Waals surface area contributed by atoms with Crippen molar-refractivity contribution in [1.29, 1.82) is 0 Å². The molecule has 0 spiro atoms. The van der Waals surface area contributed by atoms with Gasteiger partial charge in [0.15, 0.2) is 11.5 Å². The van der Waals surface area contributed by atoms with Gasteiger partial charge in [-0.15, -0.1) is 0 Å². The zero-order valence-corrected chi connectivity index (χ0v) is 16.7. The maximum atomic E-state index is 12.7. The molecule has 1 N–H and O–H groups in total. The summed E-state index contributed by atoms with van der Waals surface area (Å²) < 4.78 is 17.5. The predicted molar refractivity (Wildman–Crippen MR) is 111 cm³/mol. The second-order valence-corrected chi connectivity index (χ2v) is 6.52. The Balaban J connectivity index is 1.58. The minimum atomic E-state index is -0.425. The maximum absolute atomic E-state index is 12.7. The van der Waals surface area contributed by atoms with Gasteiger partial charge in [-0.25, -0.2) is 4.68 Å². The lowest BCUT2D eigenvalue weighted by atomic mass is 10.1. The minimum absolute atomic E-state index is 0.0817. The van der Waals surface area contributed by atoms with Crippen LogP contribution in [-0.4, -0.2) is 35.1 Å². The summed E-state index contributed by atoms with van der Waals surface area (Å²) in [4.78, 5) is 12.7. The van der Waals surface area contributed by atoms with E-state index >= 15 is 0 Å². The average Bonchev–Trinajstić information content (AvgIpc) is 3.41. The van der Waals surface area contributed by atoms with Crippen LogP contribution in [0.5, 0.6) is 11.5 Å². The fourth-order valence-electron chi connectivity index (χ4n) is 3.05. The number of aryl methyl sites for hydroxylation is 1. The van der Waals surface area contributed by atoms with E-state index in [1.165, 1.54) is 0 Å². The van der Waals surface area contributed by atoms with Crippen LogP contribution in [0.1, 0.15) is 16.2 Å². The van der Waals surface area contributed by atoms with Crippen molar-refractivity contribution in [2.24, 2.45) is 0 Å². The van der Waals surface area contributed by atoms with Crippen molar-refractivity contribution in [3.05, 3.63) is 72.1 Å². The highest BCUT2D eigenvalue weighted by molar-refractivity contribution is 6.02. The molecule has 0 saturated carbocycles. The first-order valence-electron chi connectivity index (χ1n) is 9.21. The molecule has 0 atom stereocenters. The zero-order chi connectivity index (χ0) is 21.1. The number of nitrogens with one attached hydrogen (secondary N) is 1. The molecule has 0 aliphatic heterocycles. The SMILES string of the molecule is COc1ccc(-c2cc(C(=O)Nc3cc(C)nn3-c3ccccc3)on2)cc1OC. The summed E-state index contributed by atoms with van der Waals surface area (Å²) in [5, 5.41) is 11.3. The summed E-state index contributed by atoms with van der Waals surface area (Å²) in [5.74, 6) is 1.36. The molecule has 0 aliphatic carbocycles. The highest BCUT2D eigenvalue weighted by atomic mass is 16.5. The second-order valence-electron chi connectivity index (χ2n) is 6.52. The van der Waals surface area contributed by atoms with E-state index in [2.05, 4.69) is 15.6 Å². The predicted octanol–water partition coefficient (Wildman–Crippen LogP) is 4.11. The van der Waals surface area contributed by atoms with Gasteiger partial charge in [-0.05, 0) is 37.3 Å². The average molecular weight is 404 g/mol. The summed E-state index contributed by atoms with van der Waals surface area (Å²) in [7, 11) is 3.12. The molecule has 4 aromatic rings. The topological polar surface area (TPSA) is 91.4 Å². The lowest BCUT2D eigenvalue weighted by Gasteiger charge is -2.08. The van der Waals surface area contributed by atoms with E-state index in [9.17, 15) is 4.79 Å². The number of para-hydroxylation sites is 1. The van der Waals surface area contributed by atoms with Crippen LogP contribution in [0.15, 0.2) is 65.2 Å². The van der Waals surface area contributed by atoms with Crippen LogP contribution in [0.25, 0.3) is 16.9 Å². The number of rotatable bonds is 6. The van der Waals surface area contributed by atoms with Crippen LogP contribution < -0.4 is 14.8 Å². The number of aromatic nitrogens is 3. The lowest BCUT2D eigenvalue weighted by Crippen LogP contribution is -2.14. The van der Waals surface area contributed by atoms with Gasteiger partial charge < -0.3 is 19.3 Å². The Labute approximate surface area is 173 Å². The molecule has 0 bridgehead atoms. The molecule has 2 aromatic heterocycles. The van der Waals surface area contributed by atoms with Crippen molar-refractivity contribution >= 4 is 11.7 Å². The van der Waals surface area contributed by atoms with Gasteiger partial charge in [0.1, 0.15) is 11.5 Å². The summed E-state index contributed by atoms with van der Waals surface area (Å²) in [6, 6.07) is 18.3. The molecule has 0 fully saturated rings. The van der Waals surface area contributed by atoms with Gasteiger partial charge in [-0.1, -0.05) is 23.4 Å². The van der Waals surface area contributed by atoms with Gasteiger partial charge in [0.2, 0.25) is 5.76 Å². The molecule has 30 heavy (non-hydrogen) atoms. The van der Waals surface area contributed by atoms with Crippen LogP contribution in [0.4, 0.5) is 5.82 Å². The normalized spacial score (nSPS) is 10.6. The first-order valence-corrected chi connectivity index (χ1v) is 9.21. The molecule has 152 valence electrons. The number of ether oxygens (including phenoxy) is 2.